The number of phenols is 9. The van der Waals surface area contributed by atoms with E-state index in [9.17, 15) is 46.0 Å². The lowest BCUT2D eigenvalue weighted by molar-refractivity contribution is 0.461. The van der Waals surface area contributed by atoms with Gasteiger partial charge >= 0.3 is 0 Å². The second-order valence-electron chi connectivity index (χ2n) is 23.6. The van der Waals surface area contributed by atoms with Crippen molar-refractivity contribution in [2.75, 3.05) is 0 Å². The van der Waals surface area contributed by atoms with Crippen LogP contribution in [0.15, 0.2) is 182 Å². The number of aryl methyl sites for hydroxylation is 4. The molecule has 84 heavy (non-hydrogen) atoms. The number of rotatable bonds is 17. The molecule has 0 aliphatic rings. The third kappa shape index (κ3) is 12.1. The fourth-order valence-electron chi connectivity index (χ4n) is 11.8. The first-order valence-corrected chi connectivity index (χ1v) is 28.4. The molecule has 0 heterocycles. The van der Waals surface area contributed by atoms with Crippen molar-refractivity contribution < 1.29 is 46.0 Å². The van der Waals surface area contributed by atoms with Gasteiger partial charge in [0.1, 0.15) is 51.7 Å². The predicted molar refractivity (Wildman–Crippen MR) is 333 cm³/mol. The highest BCUT2D eigenvalue weighted by Crippen LogP contribution is 2.47. The summed E-state index contributed by atoms with van der Waals surface area (Å²) in [4.78, 5) is 0. The Balaban J connectivity index is 1.17. The second kappa shape index (κ2) is 23.3. The van der Waals surface area contributed by atoms with Crippen molar-refractivity contribution in [2.45, 2.75) is 97.8 Å². The Labute approximate surface area is 492 Å². The van der Waals surface area contributed by atoms with Gasteiger partial charge in [-0.25, -0.2) is 0 Å². The van der Waals surface area contributed by atoms with E-state index in [1.807, 2.05) is 100 Å². The molecule has 10 aromatic carbocycles. The lowest BCUT2D eigenvalue weighted by Crippen LogP contribution is -2.27. The van der Waals surface area contributed by atoms with Crippen LogP contribution in [-0.2, 0) is 49.4 Å². The summed E-state index contributed by atoms with van der Waals surface area (Å²) in [6.07, 6.45) is 2.20. The number of phenolic OH excluding ortho intramolecular Hbond substituents is 9. The molecule has 0 fully saturated rings. The Morgan fingerprint density at radius 2 is 0.488 bits per heavy atom. The lowest BCUT2D eigenvalue weighted by atomic mass is 9.68. The average molecular weight is 1120 g/mol. The molecule has 10 rings (SSSR count). The molecule has 0 aliphatic heterocycles. The minimum Gasteiger partial charge on any atom is -0.508 e. The molecule has 0 spiro atoms. The van der Waals surface area contributed by atoms with Crippen molar-refractivity contribution in [2.24, 2.45) is 0 Å². The standard InChI is InChI=1S/C75H72O9/c1-44-28-50(12-24-67(44)78)34-56-38-62(39-57(73(56)84)35-51-13-25-68(79)45(2)29-51)74(5,6)60-16-18-61(19-17-60)75(7,63-40-54(32-48-8-20-65(76)21-9-48)71(82)58(42-63)36-52-14-26-69(80)46(3)30-52)64-41-55(33-49-10-22-66(77)23-11-49)72(83)59(43-64)37-53-15-27-70(81)47(4)31-53/h8-31,38-43,76-84H,32-37H2,1-7H3. The molecule has 0 saturated carbocycles. The molecule has 0 amide bonds. The van der Waals surface area contributed by atoms with E-state index in [1.165, 1.54) is 0 Å². The van der Waals surface area contributed by atoms with E-state index >= 15 is 0 Å². The van der Waals surface area contributed by atoms with Gasteiger partial charge in [0, 0.05) is 49.4 Å². The van der Waals surface area contributed by atoms with E-state index in [4.69, 9.17) is 0 Å². The van der Waals surface area contributed by atoms with Crippen LogP contribution in [0.1, 0.15) is 138 Å². The lowest BCUT2D eigenvalue weighted by Gasteiger charge is -2.35. The first kappa shape index (κ1) is 57.6. The van der Waals surface area contributed by atoms with Crippen molar-refractivity contribution in [3.63, 3.8) is 0 Å². The van der Waals surface area contributed by atoms with Gasteiger partial charge < -0.3 is 46.0 Å². The minimum atomic E-state index is -1.000. The van der Waals surface area contributed by atoms with Gasteiger partial charge in [0.25, 0.3) is 0 Å². The maximum absolute atomic E-state index is 12.4. The second-order valence-corrected chi connectivity index (χ2v) is 23.6. The van der Waals surface area contributed by atoms with Gasteiger partial charge in [0.15, 0.2) is 0 Å². The zero-order valence-corrected chi connectivity index (χ0v) is 48.6. The van der Waals surface area contributed by atoms with Crippen LogP contribution in [0.5, 0.6) is 51.7 Å². The summed E-state index contributed by atoms with van der Waals surface area (Å²) in [5, 5.41) is 99.5. The highest BCUT2D eigenvalue weighted by atomic mass is 16.3. The fraction of sp³-hybridized carbons (Fsp3) is 0.200. The predicted octanol–water partition coefficient (Wildman–Crippen LogP) is 15.5. The zero-order valence-electron chi connectivity index (χ0n) is 48.6. The third-order valence-corrected chi connectivity index (χ3v) is 17.1. The Bertz CT molecular complexity index is 3850. The molecule has 10 aromatic rings. The summed E-state index contributed by atoms with van der Waals surface area (Å²) < 4.78 is 0. The van der Waals surface area contributed by atoms with Crippen LogP contribution < -0.4 is 0 Å². The summed E-state index contributed by atoms with van der Waals surface area (Å²) in [6.45, 7) is 13.9. The van der Waals surface area contributed by atoms with Crippen molar-refractivity contribution in [1.82, 2.24) is 0 Å². The van der Waals surface area contributed by atoms with E-state index in [0.717, 1.165) is 83.5 Å². The number of aromatic hydroxyl groups is 9. The molecule has 0 saturated heterocycles. The van der Waals surface area contributed by atoms with E-state index in [1.54, 1.807) is 48.5 Å². The van der Waals surface area contributed by atoms with E-state index in [0.29, 0.717) is 71.9 Å². The average Bonchev–Trinajstić information content (AvgIpc) is 2.88. The summed E-state index contributed by atoms with van der Waals surface area (Å²) in [7, 11) is 0. The third-order valence-electron chi connectivity index (χ3n) is 17.1. The Morgan fingerprint density at radius 3 is 0.762 bits per heavy atom. The maximum atomic E-state index is 12.4. The van der Waals surface area contributed by atoms with E-state index in [2.05, 4.69) is 81.4 Å². The molecule has 9 nitrogen and oxygen atoms in total. The molecule has 0 unspecified atom stereocenters. The first-order chi connectivity index (χ1) is 40.0. The zero-order chi connectivity index (χ0) is 59.8. The molecular weight excluding hydrogens is 1040 g/mol. The van der Waals surface area contributed by atoms with Gasteiger partial charge in [-0.3, -0.25) is 0 Å². The highest BCUT2D eigenvalue weighted by Gasteiger charge is 2.36. The van der Waals surface area contributed by atoms with Gasteiger partial charge in [-0.1, -0.05) is 147 Å². The van der Waals surface area contributed by atoms with Crippen molar-refractivity contribution >= 4 is 0 Å². The Kier molecular flexibility index (Phi) is 16.0. The first-order valence-electron chi connectivity index (χ1n) is 28.4. The largest absolute Gasteiger partial charge is 0.508 e. The van der Waals surface area contributed by atoms with Gasteiger partial charge in [-0.05, 0) is 200 Å². The molecular formula is C75H72O9. The van der Waals surface area contributed by atoms with Crippen LogP contribution in [0.3, 0.4) is 0 Å². The van der Waals surface area contributed by atoms with Crippen LogP contribution in [0.2, 0.25) is 0 Å². The maximum Gasteiger partial charge on any atom is 0.122 e. The molecule has 0 aliphatic carbocycles. The van der Waals surface area contributed by atoms with Gasteiger partial charge in [0.2, 0.25) is 0 Å². The summed E-state index contributed by atoms with van der Waals surface area (Å²) in [5.74, 6) is 1.48. The summed E-state index contributed by atoms with van der Waals surface area (Å²) >= 11 is 0. The normalized spacial score (nSPS) is 11.8. The van der Waals surface area contributed by atoms with Crippen LogP contribution in [0, 0.1) is 27.7 Å². The molecule has 9 heteroatoms. The minimum absolute atomic E-state index is 0.132. The van der Waals surface area contributed by atoms with Gasteiger partial charge in [-0.2, -0.15) is 0 Å². The van der Waals surface area contributed by atoms with E-state index < -0.39 is 10.8 Å². The highest BCUT2D eigenvalue weighted by molar-refractivity contribution is 5.61. The molecule has 0 atom stereocenters. The summed E-state index contributed by atoms with van der Waals surface area (Å²) in [5.41, 5.74) is 15.5. The molecule has 0 bridgehead atoms. The number of hydrogen-bond donors (Lipinski definition) is 9. The van der Waals surface area contributed by atoms with Gasteiger partial charge in [0.05, 0.1) is 0 Å². The molecule has 0 radical (unpaired) electrons. The van der Waals surface area contributed by atoms with Crippen molar-refractivity contribution in [3.05, 3.63) is 299 Å². The Morgan fingerprint density at radius 1 is 0.250 bits per heavy atom. The SMILES string of the molecule is Cc1cc(Cc2cc(C(C)(C)c3ccc(C(C)(c4cc(Cc5ccc(O)cc5)c(O)c(Cc5ccc(O)c(C)c5)c4)c4cc(Cc5ccc(O)cc5)c(O)c(Cc5ccc(O)c(C)c5)c4)cc3)cc(Cc3ccc(O)c(C)c3)c2O)ccc1O. The molecule has 9 N–H and O–H groups in total. The summed E-state index contributed by atoms with van der Waals surface area (Å²) in [6, 6.07) is 56.9. The molecule has 426 valence electrons. The smallest absolute Gasteiger partial charge is 0.122 e. The van der Waals surface area contributed by atoms with Crippen LogP contribution in [0.25, 0.3) is 0 Å². The van der Waals surface area contributed by atoms with Crippen LogP contribution in [-0.4, -0.2) is 46.0 Å². The van der Waals surface area contributed by atoms with Crippen molar-refractivity contribution in [1.29, 1.82) is 0 Å². The van der Waals surface area contributed by atoms with Crippen LogP contribution in [0.4, 0.5) is 0 Å². The van der Waals surface area contributed by atoms with Crippen LogP contribution >= 0.6 is 0 Å². The fourth-order valence-corrected chi connectivity index (χ4v) is 11.8. The van der Waals surface area contributed by atoms with Crippen molar-refractivity contribution in [3.8, 4) is 51.7 Å². The molecule has 0 aromatic heterocycles. The Hall–Kier alpha value is -9.60. The van der Waals surface area contributed by atoms with Gasteiger partial charge in [-0.15, -0.1) is 0 Å². The topological polar surface area (TPSA) is 182 Å². The monoisotopic (exact) mass is 1120 g/mol. The number of hydrogen-bond acceptors (Lipinski definition) is 9. The quantitative estimate of drug-likeness (QED) is 0.0401. The number of benzene rings is 10. The van der Waals surface area contributed by atoms with E-state index in [-0.39, 0.29) is 51.7 Å².